The molecule has 30 heavy (non-hydrogen) atoms. The predicted octanol–water partition coefficient (Wildman–Crippen LogP) is 3.09. The van der Waals surface area contributed by atoms with E-state index in [1.54, 1.807) is 0 Å². The maximum absolute atomic E-state index is 12.6. The van der Waals surface area contributed by atoms with Crippen LogP contribution in [0.5, 0.6) is 0 Å². The Morgan fingerprint density at radius 2 is 1.43 bits per heavy atom. The number of carbonyl (C=O) groups is 2. The molecular weight excluding hydrogens is 402 g/mol. The Morgan fingerprint density at radius 1 is 0.867 bits per heavy atom. The second-order valence-corrected chi connectivity index (χ2v) is 6.61. The van der Waals surface area contributed by atoms with Gasteiger partial charge in [-0.15, -0.1) is 12.4 Å². The second-order valence-electron chi connectivity index (χ2n) is 6.61. The number of rotatable bonds is 4. The van der Waals surface area contributed by atoms with Gasteiger partial charge < -0.3 is 21.8 Å². The second kappa shape index (κ2) is 8.67. The first-order valence-electron chi connectivity index (χ1n) is 9.03. The molecule has 0 unspecified atom stereocenters. The lowest BCUT2D eigenvalue weighted by Gasteiger charge is -2.12. The van der Waals surface area contributed by atoms with Crippen LogP contribution in [0.15, 0.2) is 71.7 Å². The van der Waals surface area contributed by atoms with Crippen molar-refractivity contribution in [3.63, 3.8) is 0 Å². The summed E-state index contributed by atoms with van der Waals surface area (Å²) in [6.45, 7) is 0.344. The Morgan fingerprint density at radius 3 is 2.03 bits per heavy atom. The first-order chi connectivity index (χ1) is 14.0. The maximum atomic E-state index is 12.6. The van der Waals surface area contributed by atoms with E-state index in [0.717, 1.165) is 27.1 Å². The van der Waals surface area contributed by atoms with Crippen molar-refractivity contribution in [3.8, 4) is 0 Å². The number of nitrogens with two attached hydrogens (primary N) is 2. The first-order valence-corrected chi connectivity index (χ1v) is 9.03. The van der Waals surface area contributed by atoms with Crippen LogP contribution in [0.3, 0.4) is 0 Å². The zero-order chi connectivity index (χ0) is 20.4. The topological polar surface area (TPSA) is 126 Å². The van der Waals surface area contributed by atoms with Crippen molar-refractivity contribution in [2.24, 2.45) is 16.5 Å². The van der Waals surface area contributed by atoms with Crippen LogP contribution < -0.4 is 16.8 Å². The van der Waals surface area contributed by atoms with Crippen LogP contribution >= 0.6 is 12.4 Å². The minimum atomic E-state index is -0.635. The van der Waals surface area contributed by atoms with Crippen LogP contribution in [0.2, 0.25) is 0 Å². The zero-order valence-corrected chi connectivity index (χ0v) is 16.7. The molecule has 152 valence electrons. The Hall–Kier alpha value is -3.84. The number of benzene rings is 3. The molecule has 4 rings (SSSR count). The van der Waals surface area contributed by atoms with Crippen LogP contribution in [-0.4, -0.2) is 22.8 Å². The number of H-pyrrole nitrogens is 1. The van der Waals surface area contributed by atoms with E-state index in [1.165, 1.54) is 12.1 Å². The summed E-state index contributed by atoms with van der Waals surface area (Å²) >= 11 is 0. The fourth-order valence-electron chi connectivity index (χ4n) is 3.39. The van der Waals surface area contributed by atoms with Gasteiger partial charge >= 0.3 is 0 Å². The van der Waals surface area contributed by atoms with E-state index >= 15 is 0 Å². The van der Waals surface area contributed by atoms with Crippen LogP contribution in [0.25, 0.3) is 21.5 Å². The highest BCUT2D eigenvalue weighted by Crippen LogP contribution is 2.28. The summed E-state index contributed by atoms with van der Waals surface area (Å²) < 4.78 is 0. The van der Waals surface area contributed by atoms with Crippen LogP contribution in [0, 0.1) is 0 Å². The normalized spacial score (nSPS) is 10.4. The molecule has 0 aliphatic heterocycles. The minimum absolute atomic E-state index is 0. The quantitative estimate of drug-likeness (QED) is 0.229. The number of nitrogens with one attached hydrogen (secondary N) is 2. The number of fused-ring (bicyclic) bond motifs is 2. The number of nitrogens with zero attached hydrogens (tertiary/aromatic N) is 1. The number of hydrogen-bond donors (Lipinski definition) is 4. The van der Waals surface area contributed by atoms with Crippen molar-refractivity contribution in [2.45, 2.75) is 6.54 Å². The van der Waals surface area contributed by atoms with E-state index in [-0.39, 0.29) is 35.7 Å². The van der Waals surface area contributed by atoms with Crippen molar-refractivity contribution in [1.29, 1.82) is 0 Å². The van der Waals surface area contributed by atoms with Crippen molar-refractivity contribution >= 4 is 51.7 Å². The van der Waals surface area contributed by atoms with Crippen molar-refractivity contribution < 1.29 is 9.59 Å². The average molecular weight is 422 g/mol. The third kappa shape index (κ3) is 4.11. The van der Waals surface area contributed by atoms with E-state index in [0.29, 0.717) is 6.54 Å². The van der Waals surface area contributed by atoms with Gasteiger partial charge in [0.05, 0.1) is 0 Å². The largest absolute Gasteiger partial charge is 0.370 e. The van der Waals surface area contributed by atoms with E-state index in [4.69, 9.17) is 11.5 Å². The highest BCUT2D eigenvalue weighted by Gasteiger charge is 2.14. The fraction of sp³-hybridized carbons (Fsp3) is 0.0455. The van der Waals surface area contributed by atoms with Crippen molar-refractivity contribution in [3.05, 3.63) is 83.7 Å². The number of amides is 2. The number of guanidine groups is 1. The molecular formula is C22H20ClN5O2. The Bertz CT molecular complexity index is 1220. The van der Waals surface area contributed by atoms with E-state index in [1.807, 2.05) is 36.4 Å². The van der Waals surface area contributed by atoms with E-state index < -0.39 is 5.91 Å². The van der Waals surface area contributed by atoms with Gasteiger partial charge in [0.25, 0.3) is 11.8 Å². The van der Waals surface area contributed by atoms with Crippen LogP contribution in [0.1, 0.15) is 26.5 Å². The van der Waals surface area contributed by atoms with Gasteiger partial charge in [-0.1, -0.05) is 48.5 Å². The summed E-state index contributed by atoms with van der Waals surface area (Å²) in [7, 11) is 0. The standard InChI is InChI=1S/C22H19N5O2.ClH/c23-22(24)27-21(29)19-10-9-18(26-19)20(28)25-12-17-15-7-3-1-5-13(15)11-14-6-2-4-8-16(14)17;/h1-11,26H,12H2,(H,25,28)(H4,23,24,27,29);1H. The van der Waals surface area contributed by atoms with Crippen molar-refractivity contribution in [2.75, 3.05) is 0 Å². The molecule has 3 aromatic carbocycles. The Kier molecular flexibility index (Phi) is 6.03. The molecule has 0 saturated carbocycles. The predicted molar refractivity (Wildman–Crippen MR) is 121 cm³/mol. The first kappa shape index (κ1) is 20.9. The summed E-state index contributed by atoms with van der Waals surface area (Å²) in [5.74, 6) is -1.30. The van der Waals surface area contributed by atoms with Gasteiger partial charge in [0.1, 0.15) is 11.4 Å². The molecule has 0 radical (unpaired) electrons. The fourth-order valence-corrected chi connectivity index (χ4v) is 3.39. The molecule has 0 fully saturated rings. The summed E-state index contributed by atoms with van der Waals surface area (Å²) in [4.78, 5) is 30.7. The van der Waals surface area contributed by atoms with Gasteiger partial charge in [-0.05, 0) is 45.3 Å². The minimum Gasteiger partial charge on any atom is -0.370 e. The van der Waals surface area contributed by atoms with Gasteiger partial charge in [0, 0.05) is 6.54 Å². The van der Waals surface area contributed by atoms with Gasteiger partial charge in [0.15, 0.2) is 5.96 Å². The number of halogens is 1. The van der Waals surface area contributed by atoms with Crippen molar-refractivity contribution in [1.82, 2.24) is 10.3 Å². The molecule has 0 aliphatic carbocycles. The third-order valence-electron chi connectivity index (χ3n) is 4.70. The molecule has 1 heterocycles. The molecule has 7 nitrogen and oxygen atoms in total. The number of aromatic nitrogens is 1. The van der Waals surface area contributed by atoms with E-state index in [9.17, 15) is 9.59 Å². The zero-order valence-electron chi connectivity index (χ0n) is 15.9. The van der Waals surface area contributed by atoms with Gasteiger partial charge in [-0.2, -0.15) is 4.99 Å². The molecule has 8 heteroatoms. The van der Waals surface area contributed by atoms with Gasteiger partial charge in [0.2, 0.25) is 0 Å². The Balaban J connectivity index is 0.00000256. The van der Waals surface area contributed by atoms with Gasteiger partial charge in [-0.3, -0.25) is 9.59 Å². The molecule has 6 N–H and O–H groups in total. The summed E-state index contributed by atoms with van der Waals surface area (Å²) in [5.41, 5.74) is 11.9. The SMILES string of the molecule is Cl.NC(N)=NC(=O)c1ccc(C(=O)NCc2c3ccccc3cc3ccccc23)[nH]1. The van der Waals surface area contributed by atoms with Gasteiger partial charge in [-0.25, -0.2) is 0 Å². The lowest BCUT2D eigenvalue weighted by Crippen LogP contribution is -2.25. The number of hydrogen-bond acceptors (Lipinski definition) is 2. The highest BCUT2D eigenvalue weighted by molar-refractivity contribution is 6.04. The number of carbonyl (C=O) groups excluding carboxylic acids is 2. The maximum Gasteiger partial charge on any atom is 0.296 e. The highest BCUT2D eigenvalue weighted by atomic mass is 35.5. The summed E-state index contributed by atoms with van der Waals surface area (Å²) in [6.07, 6.45) is 0. The molecule has 0 spiro atoms. The molecule has 0 saturated heterocycles. The summed E-state index contributed by atoms with van der Waals surface area (Å²) in [6, 6.07) is 21.3. The monoisotopic (exact) mass is 421 g/mol. The lowest BCUT2D eigenvalue weighted by atomic mass is 9.97. The third-order valence-corrected chi connectivity index (χ3v) is 4.70. The smallest absolute Gasteiger partial charge is 0.296 e. The van der Waals surface area contributed by atoms with Crippen LogP contribution in [0.4, 0.5) is 0 Å². The Labute approximate surface area is 178 Å². The number of aromatic amines is 1. The summed E-state index contributed by atoms with van der Waals surface area (Å²) in [5, 5.41) is 7.32. The molecule has 0 bridgehead atoms. The average Bonchev–Trinajstić information content (AvgIpc) is 3.21. The molecule has 0 atom stereocenters. The molecule has 1 aromatic heterocycles. The molecule has 2 amide bonds. The molecule has 4 aromatic rings. The lowest BCUT2D eigenvalue weighted by molar-refractivity contribution is 0.0947. The van der Waals surface area contributed by atoms with Crippen LogP contribution in [-0.2, 0) is 6.54 Å². The number of aliphatic imine (C=N–C) groups is 1. The molecule has 0 aliphatic rings. The van der Waals surface area contributed by atoms with E-state index in [2.05, 4.69) is 33.5 Å².